The molecule has 0 saturated carbocycles. The van der Waals surface area contributed by atoms with Gasteiger partial charge in [0.25, 0.3) is 5.91 Å². The Bertz CT molecular complexity index is 1400. The number of para-hydroxylation sites is 1. The van der Waals surface area contributed by atoms with Gasteiger partial charge in [-0.1, -0.05) is 12.1 Å². The van der Waals surface area contributed by atoms with Crippen molar-refractivity contribution in [2.75, 3.05) is 0 Å². The molecule has 1 aliphatic heterocycles. The Morgan fingerprint density at radius 2 is 1.74 bits per heavy atom. The molecular weight excluding hydrogens is 566 g/mol. The number of carbonyl (C=O) groups excluding carboxylic acids is 1. The van der Waals surface area contributed by atoms with Crippen molar-refractivity contribution < 1.29 is 62.2 Å². The summed E-state index contributed by atoms with van der Waals surface area (Å²) in [6.07, 6.45) is -8.23. The molecule has 1 aliphatic rings. The van der Waals surface area contributed by atoms with Gasteiger partial charge in [0.15, 0.2) is 17.6 Å². The molecule has 226 valence electrons. The van der Waals surface area contributed by atoms with Crippen LogP contribution < -0.4 is 19.5 Å². The van der Waals surface area contributed by atoms with Crippen LogP contribution in [0.3, 0.4) is 0 Å². The monoisotopic (exact) mass is 594 g/mol. The number of rotatable bonds is 11. The zero-order chi connectivity index (χ0) is 30.6. The van der Waals surface area contributed by atoms with Gasteiger partial charge < -0.3 is 49.1 Å². The highest BCUT2D eigenvalue weighted by atomic mass is 19.3. The molecule has 0 aliphatic carbocycles. The fourth-order valence-corrected chi connectivity index (χ4v) is 4.00. The maximum absolute atomic E-state index is 13.0. The molecule has 5 atom stereocenters. The normalized spacial score (nSPS) is 22.2. The summed E-state index contributed by atoms with van der Waals surface area (Å²) in [4.78, 5) is 28.6. The molecule has 4 rings (SSSR count). The zero-order valence-electron chi connectivity index (χ0n) is 22.2. The predicted octanol–water partition coefficient (Wildman–Crippen LogP) is 1.93. The molecule has 13 nitrogen and oxygen atoms in total. The Morgan fingerprint density at radius 3 is 2.43 bits per heavy atom. The summed E-state index contributed by atoms with van der Waals surface area (Å²) in [6.45, 7) is 0.296. The molecule has 2 aromatic carbocycles. The van der Waals surface area contributed by atoms with Crippen molar-refractivity contribution in [2.45, 2.75) is 63.8 Å². The Morgan fingerprint density at radius 1 is 1.00 bits per heavy atom. The molecule has 0 radical (unpaired) electrons. The minimum Gasteiger partial charge on any atom is -0.487 e. The second kappa shape index (κ2) is 13.1. The average molecular weight is 595 g/mol. The van der Waals surface area contributed by atoms with Crippen molar-refractivity contribution in [1.29, 1.82) is 0 Å². The Hall–Kier alpha value is -4.31. The first-order valence-electron chi connectivity index (χ1n) is 12.6. The molecule has 1 amide bonds. The van der Waals surface area contributed by atoms with Gasteiger partial charge in [-0.2, -0.15) is 8.78 Å². The van der Waals surface area contributed by atoms with Gasteiger partial charge in [0.05, 0.1) is 23.9 Å². The van der Waals surface area contributed by atoms with Crippen LogP contribution >= 0.6 is 0 Å². The van der Waals surface area contributed by atoms with Crippen LogP contribution in [0.5, 0.6) is 17.2 Å². The van der Waals surface area contributed by atoms with Crippen LogP contribution in [0.15, 0.2) is 53.1 Å². The number of carbonyl (C=O) groups is 2. The van der Waals surface area contributed by atoms with E-state index < -0.39 is 49.2 Å². The Balaban J connectivity index is 1.45. The second-order valence-corrected chi connectivity index (χ2v) is 9.38. The lowest BCUT2D eigenvalue weighted by atomic mass is 9.99. The highest BCUT2D eigenvalue weighted by Gasteiger charge is 2.48. The maximum atomic E-state index is 13.0. The number of aromatic nitrogens is 1. The number of nitrogens with one attached hydrogen (secondary N) is 1. The standard InChI is InChI=1S/C27H28F2N2O11/c1-12(2)39-18-9-13(7-8-17(18)41-27(28)29)24-31-14(11-38-24)10-30-23(35)15-5-3-4-6-16(15)40-26-21(34)19(32)20(33)22(42-26)25(36)37/h3-9,11-12,19-22,26-27,32-34H,10H2,1-2H3,(H,30,35)(H,36,37)/t19-,20-,21+,22-,26+/m0/s1. The van der Waals surface area contributed by atoms with E-state index in [9.17, 15) is 38.8 Å². The van der Waals surface area contributed by atoms with Crippen molar-refractivity contribution in [3.05, 3.63) is 60.0 Å². The minimum atomic E-state index is -3.04. The van der Waals surface area contributed by atoms with Crippen LogP contribution in [0.2, 0.25) is 0 Å². The van der Waals surface area contributed by atoms with Gasteiger partial charge in [0.1, 0.15) is 30.3 Å². The minimum absolute atomic E-state index is 0.0189. The van der Waals surface area contributed by atoms with Crippen LogP contribution in [0.25, 0.3) is 11.5 Å². The summed E-state index contributed by atoms with van der Waals surface area (Å²) < 4.78 is 51.7. The number of amides is 1. The van der Waals surface area contributed by atoms with Gasteiger partial charge in [0, 0.05) is 5.56 Å². The average Bonchev–Trinajstić information content (AvgIpc) is 3.41. The number of ether oxygens (including phenoxy) is 4. The third-order valence-electron chi connectivity index (χ3n) is 5.94. The lowest BCUT2D eigenvalue weighted by Crippen LogP contribution is -2.61. The zero-order valence-corrected chi connectivity index (χ0v) is 22.2. The summed E-state index contributed by atoms with van der Waals surface area (Å²) in [5.74, 6) is -2.29. The SMILES string of the molecule is CC(C)Oc1cc(-c2nc(CNC(=O)c3ccccc3O[C@@H]3O[C@H](C(=O)O)[C@@H](O)[C@H](O)[C@H]3O)co2)ccc1OC(F)F. The van der Waals surface area contributed by atoms with Gasteiger partial charge in [-0.15, -0.1) is 0 Å². The molecule has 2 heterocycles. The molecule has 5 N–H and O–H groups in total. The van der Waals surface area contributed by atoms with Gasteiger partial charge in [-0.3, -0.25) is 4.79 Å². The van der Waals surface area contributed by atoms with Crippen molar-refractivity contribution in [3.8, 4) is 28.7 Å². The van der Waals surface area contributed by atoms with E-state index in [1.54, 1.807) is 13.8 Å². The maximum Gasteiger partial charge on any atom is 0.387 e. The fraction of sp³-hybridized carbons (Fsp3) is 0.370. The van der Waals surface area contributed by atoms with Crippen molar-refractivity contribution in [3.63, 3.8) is 0 Å². The van der Waals surface area contributed by atoms with Gasteiger partial charge in [-0.05, 0) is 44.2 Å². The van der Waals surface area contributed by atoms with Gasteiger partial charge in [-0.25, -0.2) is 9.78 Å². The molecular formula is C27H28F2N2O11. The van der Waals surface area contributed by atoms with Crippen LogP contribution in [0.1, 0.15) is 29.9 Å². The van der Waals surface area contributed by atoms with Crippen LogP contribution in [0, 0.1) is 0 Å². The number of benzene rings is 2. The molecule has 15 heteroatoms. The number of alkyl halides is 2. The second-order valence-electron chi connectivity index (χ2n) is 9.38. The molecule has 0 spiro atoms. The lowest BCUT2D eigenvalue weighted by molar-refractivity contribution is -0.271. The van der Waals surface area contributed by atoms with Crippen LogP contribution in [-0.4, -0.2) is 80.7 Å². The number of oxazole rings is 1. The summed E-state index contributed by atoms with van der Waals surface area (Å²) in [5.41, 5.74) is 0.694. The van der Waals surface area contributed by atoms with E-state index in [0.29, 0.717) is 11.3 Å². The largest absolute Gasteiger partial charge is 0.487 e. The van der Waals surface area contributed by atoms with Crippen LogP contribution in [-0.2, 0) is 16.1 Å². The molecule has 0 bridgehead atoms. The van der Waals surface area contributed by atoms with E-state index in [-0.39, 0.29) is 41.4 Å². The van der Waals surface area contributed by atoms with Crippen LogP contribution in [0.4, 0.5) is 8.78 Å². The van der Waals surface area contributed by atoms with E-state index in [4.69, 9.17) is 18.6 Å². The molecule has 1 fully saturated rings. The summed E-state index contributed by atoms with van der Waals surface area (Å²) in [7, 11) is 0. The molecule has 0 unspecified atom stereocenters. The number of aliphatic hydroxyl groups is 3. The van der Waals surface area contributed by atoms with E-state index in [1.807, 2.05) is 0 Å². The first-order chi connectivity index (χ1) is 19.9. The topological polar surface area (TPSA) is 190 Å². The summed E-state index contributed by atoms with van der Waals surface area (Å²) >= 11 is 0. The quantitative estimate of drug-likeness (QED) is 0.217. The third kappa shape index (κ3) is 7.12. The highest BCUT2D eigenvalue weighted by molar-refractivity contribution is 5.96. The number of hydrogen-bond acceptors (Lipinski definition) is 11. The fourth-order valence-electron chi connectivity index (χ4n) is 4.00. The predicted molar refractivity (Wildman–Crippen MR) is 137 cm³/mol. The number of halogens is 2. The summed E-state index contributed by atoms with van der Waals surface area (Å²) in [6, 6.07) is 10.0. The smallest absolute Gasteiger partial charge is 0.387 e. The highest BCUT2D eigenvalue weighted by Crippen LogP contribution is 2.34. The number of carboxylic acid groups (broad SMARTS) is 1. The van der Waals surface area contributed by atoms with Crippen molar-refractivity contribution in [1.82, 2.24) is 10.3 Å². The number of aliphatic hydroxyl groups excluding tert-OH is 3. The first kappa shape index (κ1) is 30.6. The molecule has 1 saturated heterocycles. The molecule has 1 aromatic heterocycles. The van der Waals surface area contributed by atoms with Gasteiger partial charge >= 0.3 is 12.6 Å². The summed E-state index contributed by atoms with van der Waals surface area (Å²) in [5, 5.41) is 42.0. The van der Waals surface area contributed by atoms with E-state index in [2.05, 4.69) is 15.0 Å². The number of nitrogens with zero attached hydrogens (tertiary/aromatic N) is 1. The Kier molecular flexibility index (Phi) is 9.57. The molecule has 3 aromatic rings. The third-order valence-corrected chi connectivity index (χ3v) is 5.94. The molecule has 42 heavy (non-hydrogen) atoms. The number of aliphatic carboxylic acids is 1. The van der Waals surface area contributed by atoms with E-state index in [0.717, 1.165) is 0 Å². The number of hydrogen-bond donors (Lipinski definition) is 5. The first-order valence-corrected chi connectivity index (χ1v) is 12.6. The lowest BCUT2D eigenvalue weighted by Gasteiger charge is -2.38. The van der Waals surface area contributed by atoms with Crippen molar-refractivity contribution >= 4 is 11.9 Å². The van der Waals surface area contributed by atoms with E-state index in [1.165, 1.54) is 48.7 Å². The van der Waals surface area contributed by atoms with Crippen molar-refractivity contribution in [2.24, 2.45) is 0 Å². The Labute approximate surface area is 237 Å². The van der Waals surface area contributed by atoms with Gasteiger partial charge in [0.2, 0.25) is 12.2 Å². The van der Waals surface area contributed by atoms with E-state index >= 15 is 0 Å². The number of carboxylic acids is 1.